The van der Waals surface area contributed by atoms with E-state index in [1.807, 2.05) is 6.07 Å². The normalized spacial score (nSPS) is 21.0. The molecule has 3 aromatic rings. The van der Waals surface area contributed by atoms with E-state index >= 15 is 0 Å². The highest BCUT2D eigenvalue weighted by Gasteiger charge is 2.58. The van der Waals surface area contributed by atoms with Crippen molar-refractivity contribution in [3.05, 3.63) is 98.8 Å². The van der Waals surface area contributed by atoms with Crippen LogP contribution in [0.1, 0.15) is 34.3 Å². The molecule has 1 fully saturated rings. The zero-order valence-corrected chi connectivity index (χ0v) is 19.7. The summed E-state index contributed by atoms with van der Waals surface area (Å²) in [7, 11) is 0. The van der Waals surface area contributed by atoms with Gasteiger partial charge >= 0.3 is 5.91 Å². The molecule has 34 heavy (non-hydrogen) atoms. The molecule has 176 valence electrons. The van der Waals surface area contributed by atoms with Gasteiger partial charge in [-0.3, -0.25) is 0 Å². The number of nitrogens with zero attached hydrogens (tertiary/aromatic N) is 1. The first-order valence-corrected chi connectivity index (χ1v) is 11.8. The molecule has 5 rings (SSSR count). The molecule has 0 saturated carbocycles. The highest BCUT2D eigenvalue weighted by Crippen LogP contribution is 2.52. The second-order valence-corrected chi connectivity index (χ2v) is 9.96. The lowest BCUT2D eigenvalue weighted by molar-refractivity contribution is 0.0717. The number of fused-ring (bicyclic) bond motifs is 2. The van der Waals surface area contributed by atoms with Crippen molar-refractivity contribution in [3.63, 3.8) is 0 Å². The molecule has 2 heterocycles. The minimum atomic E-state index is -0.922. The summed E-state index contributed by atoms with van der Waals surface area (Å²) in [6.45, 7) is 1.80. The lowest BCUT2D eigenvalue weighted by Gasteiger charge is -2.37. The van der Waals surface area contributed by atoms with Gasteiger partial charge in [0.25, 0.3) is 0 Å². The fraction of sp³-hybridized carbons (Fsp3) is 0.269. The van der Waals surface area contributed by atoms with Gasteiger partial charge in [0.2, 0.25) is 0 Å². The number of rotatable bonds is 3. The summed E-state index contributed by atoms with van der Waals surface area (Å²) in [5.41, 5.74) is 1.06. The highest BCUT2D eigenvalue weighted by molar-refractivity contribution is 6.31. The third kappa shape index (κ3) is 3.73. The van der Waals surface area contributed by atoms with Gasteiger partial charge in [0, 0.05) is 22.2 Å². The fourth-order valence-electron chi connectivity index (χ4n) is 5.58. The van der Waals surface area contributed by atoms with Crippen molar-refractivity contribution in [2.45, 2.75) is 24.8 Å². The largest absolute Gasteiger partial charge is 0.357 e. The quantitative estimate of drug-likeness (QED) is 0.417. The van der Waals surface area contributed by atoms with Gasteiger partial charge in [0.1, 0.15) is 36.2 Å². The highest BCUT2D eigenvalue weighted by atomic mass is 35.5. The average Bonchev–Trinajstić information content (AvgIpc) is 3.05. The van der Waals surface area contributed by atoms with Crippen molar-refractivity contribution in [2.75, 3.05) is 19.6 Å². The third-order valence-corrected chi connectivity index (χ3v) is 7.73. The zero-order chi connectivity index (χ0) is 24.1. The molecule has 0 radical (unpaired) electrons. The number of nitrogens with one attached hydrogen (secondary N) is 1. The van der Waals surface area contributed by atoms with Crippen LogP contribution >= 0.6 is 23.2 Å². The van der Waals surface area contributed by atoms with Crippen LogP contribution in [0.4, 0.5) is 18.9 Å². The SMILES string of the molecule is O=C(c1c(F)cccc1F)[N+]1(Cc2ccc(F)cc2Cl)CC2(CCNCC2)c2cc(Cl)ccc21. The Morgan fingerprint density at radius 2 is 1.68 bits per heavy atom. The number of benzene rings is 3. The van der Waals surface area contributed by atoms with Crippen LogP contribution in [0.5, 0.6) is 0 Å². The Kier molecular flexibility index (Phi) is 5.97. The van der Waals surface area contributed by atoms with Gasteiger partial charge < -0.3 is 5.32 Å². The number of amides is 1. The van der Waals surface area contributed by atoms with Crippen molar-refractivity contribution in [1.29, 1.82) is 0 Å². The van der Waals surface area contributed by atoms with Gasteiger partial charge in [0.05, 0.1) is 10.4 Å². The van der Waals surface area contributed by atoms with Gasteiger partial charge in [-0.1, -0.05) is 29.3 Å². The summed E-state index contributed by atoms with van der Waals surface area (Å²) in [6.07, 6.45) is 1.48. The summed E-state index contributed by atoms with van der Waals surface area (Å²) >= 11 is 12.8. The molecule has 8 heteroatoms. The maximum Gasteiger partial charge on any atom is 0.357 e. The predicted molar refractivity (Wildman–Crippen MR) is 128 cm³/mol. The summed E-state index contributed by atoms with van der Waals surface area (Å²) in [5, 5.41) is 4.03. The van der Waals surface area contributed by atoms with Crippen LogP contribution < -0.4 is 9.80 Å². The first-order chi connectivity index (χ1) is 16.3. The molecule has 1 amide bonds. The van der Waals surface area contributed by atoms with E-state index in [0.29, 0.717) is 22.8 Å². The van der Waals surface area contributed by atoms with Crippen LogP contribution in [0.3, 0.4) is 0 Å². The van der Waals surface area contributed by atoms with Crippen molar-refractivity contribution in [2.24, 2.45) is 0 Å². The van der Waals surface area contributed by atoms with Crippen LogP contribution in [-0.4, -0.2) is 25.5 Å². The second kappa shape index (κ2) is 8.68. The Balaban J connectivity index is 1.76. The third-order valence-electron chi connectivity index (χ3n) is 7.15. The summed E-state index contributed by atoms with van der Waals surface area (Å²) in [4.78, 5) is 14.2. The molecular weight excluding hydrogens is 484 g/mol. The molecule has 3 nitrogen and oxygen atoms in total. The summed E-state index contributed by atoms with van der Waals surface area (Å²) in [6, 6.07) is 12.7. The van der Waals surface area contributed by atoms with Gasteiger partial charge in [-0.2, -0.15) is 0 Å². The van der Waals surface area contributed by atoms with Crippen LogP contribution in [0.2, 0.25) is 10.0 Å². The van der Waals surface area contributed by atoms with Crippen molar-refractivity contribution >= 4 is 34.8 Å². The number of halogens is 5. The number of carbonyl (C=O) groups excluding carboxylic acids is 1. The van der Waals surface area contributed by atoms with Crippen molar-refractivity contribution in [3.8, 4) is 0 Å². The molecule has 2 aliphatic heterocycles. The number of quaternary nitrogens is 1. The van der Waals surface area contributed by atoms with Crippen molar-refractivity contribution in [1.82, 2.24) is 9.80 Å². The molecule has 1 unspecified atom stereocenters. The average molecular weight is 506 g/mol. The molecule has 3 aromatic carbocycles. The minimum Gasteiger partial charge on any atom is -0.317 e. The van der Waals surface area contributed by atoms with E-state index in [4.69, 9.17) is 23.2 Å². The summed E-state index contributed by atoms with van der Waals surface area (Å²) < 4.78 is 43.2. The topological polar surface area (TPSA) is 29.1 Å². The molecule has 0 aliphatic carbocycles. The number of hydrogen-bond acceptors (Lipinski definition) is 2. The van der Waals surface area contributed by atoms with E-state index in [1.54, 1.807) is 12.1 Å². The monoisotopic (exact) mass is 505 g/mol. The molecule has 0 bridgehead atoms. The fourth-order valence-corrected chi connectivity index (χ4v) is 5.98. The van der Waals surface area contributed by atoms with Gasteiger partial charge in [-0.15, -0.1) is 0 Å². The minimum absolute atomic E-state index is 0.0233. The Morgan fingerprint density at radius 3 is 2.35 bits per heavy atom. The van der Waals surface area contributed by atoms with E-state index in [9.17, 15) is 18.0 Å². The van der Waals surface area contributed by atoms with Crippen molar-refractivity contribution < 1.29 is 18.0 Å². The molecule has 1 saturated heterocycles. The smallest absolute Gasteiger partial charge is 0.317 e. The maximum absolute atomic E-state index is 14.9. The lowest BCUT2D eigenvalue weighted by atomic mass is 9.75. The predicted octanol–water partition coefficient (Wildman–Crippen LogP) is 6.39. The first-order valence-electron chi connectivity index (χ1n) is 11.1. The molecule has 1 spiro atoms. The Bertz CT molecular complexity index is 1270. The Hall–Kier alpha value is -2.38. The van der Waals surface area contributed by atoms with E-state index in [2.05, 4.69) is 5.32 Å². The molecule has 2 aliphatic rings. The van der Waals surface area contributed by atoms with Gasteiger partial charge in [-0.25, -0.2) is 22.4 Å². The van der Waals surface area contributed by atoms with E-state index < -0.39 is 34.3 Å². The molecular formula is C26H22Cl2F3N2O+. The molecule has 1 N–H and O–H groups in total. The number of hydrogen-bond donors (Lipinski definition) is 1. The van der Waals surface area contributed by atoms with Crippen LogP contribution in [0.25, 0.3) is 0 Å². The molecule has 1 atom stereocenters. The number of carbonyl (C=O) groups is 1. The Labute approximate surface area is 205 Å². The van der Waals surface area contributed by atoms with E-state index in [1.165, 1.54) is 24.3 Å². The second-order valence-electron chi connectivity index (χ2n) is 9.11. The lowest BCUT2D eigenvalue weighted by Crippen LogP contribution is -2.57. The number of piperidine rings is 1. The van der Waals surface area contributed by atoms with Crippen LogP contribution in [0, 0.1) is 17.5 Å². The van der Waals surface area contributed by atoms with Crippen LogP contribution in [-0.2, 0) is 12.0 Å². The Morgan fingerprint density at radius 1 is 0.971 bits per heavy atom. The van der Waals surface area contributed by atoms with E-state index in [0.717, 1.165) is 43.6 Å². The maximum atomic E-state index is 14.9. The summed E-state index contributed by atoms with van der Waals surface area (Å²) in [5.74, 6) is -3.05. The first kappa shape index (κ1) is 23.4. The van der Waals surface area contributed by atoms with Crippen LogP contribution in [0.15, 0.2) is 54.6 Å². The zero-order valence-electron chi connectivity index (χ0n) is 18.2. The van der Waals surface area contributed by atoms with Gasteiger partial charge in [-0.05, 0) is 68.4 Å². The molecule has 0 aromatic heterocycles. The van der Waals surface area contributed by atoms with E-state index in [-0.39, 0.29) is 16.1 Å². The standard InChI is InChI=1S/C26H22Cl2F3N2O/c27-17-5-7-23-19(12-17)26(8-10-32-11-9-26)15-33(23,14-16-4-6-18(29)13-20(16)28)25(34)24-21(30)2-1-3-22(24)31/h1-7,12-13,32H,8-11,14-15H2/q+1. The van der Waals surface area contributed by atoms with Gasteiger partial charge in [0.15, 0.2) is 5.56 Å².